The van der Waals surface area contributed by atoms with Crippen LogP contribution in [0.15, 0.2) is 79.1 Å². The summed E-state index contributed by atoms with van der Waals surface area (Å²) in [5, 5.41) is 6.95. The van der Waals surface area contributed by atoms with Gasteiger partial charge in [0.1, 0.15) is 5.82 Å². The molecule has 2 aromatic carbocycles. The lowest BCUT2D eigenvalue weighted by Crippen LogP contribution is -2.37. The molecule has 0 atom stereocenters. The summed E-state index contributed by atoms with van der Waals surface area (Å²) in [6.07, 6.45) is 3.61. The minimum Gasteiger partial charge on any atom is -0.378 e. The summed E-state index contributed by atoms with van der Waals surface area (Å²) >= 11 is 5.45. The van der Waals surface area contributed by atoms with Crippen molar-refractivity contribution < 1.29 is 4.74 Å². The number of anilines is 3. The van der Waals surface area contributed by atoms with Crippen molar-refractivity contribution >= 4 is 34.5 Å². The number of pyridine rings is 1. The van der Waals surface area contributed by atoms with E-state index in [0.717, 1.165) is 52.7 Å². The molecular formula is C27H26N6OS. The van der Waals surface area contributed by atoms with Crippen molar-refractivity contribution in [2.24, 2.45) is 0 Å². The third-order valence-electron chi connectivity index (χ3n) is 5.80. The highest BCUT2D eigenvalue weighted by Gasteiger charge is 2.20. The molecule has 0 amide bonds. The first-order valence-corrected chi connectivity index (χ1v) is 11.9. The van der Waals surface area contributed by atoms with E-state index in [0.29, 0.717) is 24.2 Å². The average Bonchev–Trinajstić information content (AvgIpc) is 2.91. The maximum Gasteiger partial charge on any atom is 0.175 e. The van der Waals surface area contributed by atoms with Gasteiger partial charge in [-0.25, -0.2) is 9.97 Å². The van der Waals surface area contributed by atoms with Gasteiger partial charge in [-0.15, -0.1) is 0 Å². The van der Waals surface area contributed by atoms with Crippen LogP contribution in [-0.4, -0.2) is 46.4 Å². The van der Waals surface area contributed by atoms with Crippen LogP contribution in [0.4, 0.5) is 17.2 Å². The fourth-order valence-electron chi connectivity index (χ4n) is 4.02. The Hall–Kier alpha value is -3.88. The molecule has 1 saturated heterocycles. The lowest BCUT2D eigenvalue weighted by molar-refractivity contribution is 0.122. The maximum absolute atomic E-state index is 5.56. The number of aromatic nitrogens is 3. The first kappa shape index (κ1) is 22.9. The molecule has 0 radical (unpaired) electrons. The molecule has 1 aliphatic rings. The average molecular weight is 483 g/mol. The number of nitrogens with one attached hydrogen (secondary N) is 2. The van der Waals surface area contributed by atoms with E-state index in [-0.39, 0.29) is 0 Å². The lowest BCUT2D eigenvalue weighted by atomic mass is 10.1. The standard InChI is InChI=1S/C27H26N6OS/c1-19-24(21-6-5-13-28-18-21)31-25(32-26(19)33-14-16-34-17-15-33)20-9-11-23(12-10-20)30-27(35)29-22-7-3-2-4-8-22/h2-13,18H,14-17H2,1H3,(H2,29,30,35). The van der Waals surface area contributed by atoms with Gasteiger partial charge in [0.25, 0.3) is 0 Å². The number of hydrogen-bond acceptors (Lipinski definition) is 6. The summed E-state index contributed by atoms with van der Waals surface area (Å²) in [7, 11) is 0. The molecule has 1 fully saturated rings. The van der Waals surface area contributed by atoms with Crippen LogP contribution in [0.1, 0.15) is 5.56 Å². The first-order valence-electron chi connectivity index (χ1n) is 11.5. The number of para-hydroxylation sites is 1. The number of hydrogen-bond donors (Lipinski definition) is 2. The fourth-order valence-corrected chi connectivity index (χ4v) is 4.25. The van der Waals surface area contributed by atoms with Crippen molar-refractivity contribution in [3.05, 3.63) is 84.7 Å². The zero-order valence-corrected chi connectivity index (χ0v) is 20.3. The number of ether oxygens (including phenoxy) is 1. The molecule has 2 aromatic heterocycles. The summed E-state index contributed by atoms with van der Waals surface area (Å²) in [6, 6.07) is 21.8. The number of rotatable bonds is 5. The Morgan fingerprint density at radius 1 is 0.857 bits per heavy atom. The van der Waals surface area contributed by atoms with Crippen LogP contribution in [0.25, 0.3) is 22.6 Å². The second-order valence-electron chi connectivity index (χ2n) is 8.21. The van der Waals surface area contributed by atoms with Crippen LogP contribution in [-0.2, 0) is 4.74 Å². The number of benzene rings is 2. The molecule has 3 heterocycles. The van der Waals surface area contributed by atoms with Gasteiger partial charge in [0.2, 0.25) is 0 Å². The maximum atomic E-state index is 5.56. The van der Waals surface area contributed by atoms with Gasteiger partial charge in [-0.05, 0) is 67.7 Å². The summed E-state index contributed by atoms with van der Waals surface area (Å²) in [5.74, 6) is 1.61. The van der Waals surface area contributed by atoms with Crippen LogP contribution < -0.4 is 15.5 Å². The van der Waals surface area contributed by atoms with Crippen molar-refractivity contribution in [2.45, 2.75) is 6.92 Å². The molecule has 8 heteroatoms. The molecular weight excluding hydrogens is 456 g/mol. The van der Waals surface area contributed by atoms with E-state index >= 15 is 0 Å². The first-order chi connectivity index (χ1) is 17.2. The Kier molecular flexibility index (Phi) is 6.92. The third-order valence-corrected chi connectivity index (χ3v) is 6.00. The van der Waals surface area contributed by atoms with Crippen LogP contribution >= 0.6 is 12.2 Å². The Labute approximate surface area is 210 Å². The van der Waals surface area contributed by atoms with Gasteiger partial charge in [0.15, 0.2) is 10.9 Å². The predicted molar refractivity (Wildman–Crippen MR) is 145 cm³/mol. The molecule has 5 rings (SSSR count). The van der Waals surface area contributed by atoms with Crippen molar-refractivity contribution in [1.29, 1.82) is 0 Å². The zero-order chi connectivity index (χ0) is 24.0. The Balaban J connectivity index is 1.43. The smallest absolute Gasteiger partial charge is 0.175 e. The van der Waals surface area contributed by atoms with E-state index in [2.05, 4.69) is 27.4 Å². The Bertz CT molecular complexity index is 1290. The molecule has 0 spiro atoms. The van der Waals surface area contributed by atoms with E-state index in [1.54, 1.807) is 6.20 Å². The van der Waals surface area contributed by atoms with E-state index in [4.69, 9.17) is 26.9 Å². The zero-order valence-electron chi connectivity index (χ0n) is 19.4. The minimum absolute atomic E-state index is 0.531. The van der Waals surface area contributed by atoms with E-state index in [9.17, 15) is 0 Å². The molecule has 35 heavy (non-hydrogen) atoms. The molecule has 4 aromatic rings. The van der Waals surface area contributed by atoms with Gasteiger partial charge < -0.3 is 20.3 Å². The van der Waals surface area contributed by atoms with Gasteiger partial charge in [-0.3, -0.25) is 4.98 Å². The van der Waals surface area contributed by atoms with Crippen molar-refractivity contribution in [3.63, 3.8) is 0 Å². The van der Waals surface area contributed by atoms with Crippen LogP contribution in [0.2, 0.25) is 0 Å². The molecule has 7 nitrogen and oxygen atoms in total. The van der Waals surface area contributed by atoms with E-state index in [1.165, 1.54) is 0 Å². The minimum atomic E-state index is 0.531. The van der Waals surface area contributed by atoms with Gasteiger partial charge in [-0.1, -0.05) is 18.2 Å². The molecule has 0 aliphatic carbocycles. The lowest BCUT2D eigenvalue weighted by Gasteiger charge is -2.30. The Morgan fingerprint density at radius 3 is 2.26 bits per heavy atom. The predicted octanol–water partition coefficient (Wildman–Crippen LogP) is 5.16. The highest BCUT2D eigenvalue weighted by atomic mass is 32.1. The summed E-state index contributed by atoms with van der Waals surface area (Å²) < 4.78 is 5.56. The van der Waals surface area contributed by atoms with E-state index in [1.807, 2.05) is 72.9 Å². The molecule has 0 saturated carbocycles. The van der Waals surface area contributed by atoms with Crippen molar-refractivity contribution in [1.82, 2.24) is 15.0 Å². The number of thiocarbonyl (C=S) groups is 1. The fraction of sp³-hybridized carbons (Fsp3) is 0.185. The Morgan fingerprint density at radius 2 is 1.57 bits per heavy atom. The molecule has 176 valence electrons. The second-order valence-corrected chi connectivity index (χ2v) is 8.62. The van der Waals surface area contributed by atoms with Crippen LogP contribution in [0, 0.1) is 6.92 Å². The number of nitrogens with zero attached hydrogens (tertiary/aromatic N) is 4. The summed E-state index contributed by atoms with van der Waals surface area (Å²) in [6.45, 7) is 5.07. The summed E-state index contributed by atoms with van der Waals surface area (Å²) in [5.41, 5.74) is 5.65. The molecule has 2 N–H and O–H groups in total. The van der Waals surface area contributed by atoms with E-state index < -0.39 is 0 Å². The number of morpholine rings is 1. The van der Waals surface area contributed by atoms with Gasteiger partial charge in [0.05, 0.1) is 18.9 Å². The molecule has 0 bridgehead atoms. The quantitative estimate of drug-likeness (QED) is 0.378. The normalized spacial score (nSPS) is 13.3. The monoisotopic (exact) mass is 482 g/mol. The van der Waals surface area contributed by atoms with Crippen LogP contribution in [0.5, 0.6) is 0 Å². The molecule has 1 aliphatic heterocycles. The largest absolute Gasteiger partial charge is 0.378 e. The molecule has 0 unspecified atom stereocenters. The SMILES string of the molecule is Cc1c(-c2cccnc2)nc(-c2ccc(NC(=S)Nc3ccccc3)cc2)nc1N1CCOCC1. The van der Waals surface area contributed by atoms with Gasteiger partial charge in [-0.2, -0.15) is 0 Å². The highest BCUT2D eigenvalue weighted by molar-refractivity contribution is 7.80. The topological polar surface area (TPSA) is 75.2 Å². The van der Waals surface area contributed by atoms with Crippen LogP contribution in [0.3, 0.4) is 0 Å². The third kappa shape index (κ3) is 5.45. The van der Waals surface area contributed by atoms with Gasteiger partial charge in [0, 0.05) is 53.5 Å². The highest BCUT2D eigenvalue weighted by Crippen LogP contribution is 2.31. The van der Waals surface area contributed by atoms with Gasteiger partial charge >= 0.3 is 0 Å². The van der Waals surface area contributed by atoms with Crippen molar-refractivity contribution in [2.75, 3.05) is 41.8 Å². The summed E-state index contributed by atoms with van der Waals surface area (Å²) in [4.78, 5) is 16.5. The second kappa shape index (κ2) is 10.6. The van der Waals surface area contributed by atoms with Crippen molar-refractivity contribution in [3.8, 4) is 22.6 Å².